The zero-order valence-electron chi connectivity index (χ0n) is 19.0. The van der Waals surface area contributed by atoms with Gasteiger partial charge in [0.05, 0.1) is 24.2 Å². The van der Waals surface area contributed by atoms with Gasteiger partial charge in [-0.15, -0.1) is 0 Å². The fourth-order valence-electron chi connectivity index (χ4n) is 4.30. The van der Waals surface area contributed by atoms with Crippen LogP contribution in [0.5, 0.6) is 5.75 Å². The van der Waals surface area contributed by atoms with Crippen LogP contribution in [0.1, 0.15) is 43.1 Å². The number of fused-ring (bicyclic) bond motifs is 1. The topological polar surface area (TPSA) is 119 Å². The van der Waals surface area contributed by atoms with E-state index in [1.807, 2.05) is 48.5 Å². The van der Waals surface area contributed by atoms with Crippen molar-refractivity contribution in [1.82, 2.24) is 20.6 Å². The Morgan fingerprint density at radius 3 is 2.58 bits per heavy atom. The minimum absolute atomic E-state index is 0. The molecule has 8 nitrogen and oxygen atoms in total. The van der Waals surface area contributed by atoms with Gasteiger partial charge in [-0.1, -0.05) is 37.1 Å². The fraction of sp³-hybridized carbons (Fsp3) is 0.375. The Kier molecular flexibility index (Phi) is 8.42. The molecule has 1 saturated carbocycles. The molecule has 1 fully saturated rings. The Morgan fingerprint density at radius 1 is 1.15 bits per heavy atom. The number of nitrogens with one attached hydrogen (secondary N) is 3. The first-order valence-electron chi connectivity index (χ1n) is 10.9. The maximum atomic E-state index is 12.9. The van der Waals surface area contributed by atoms with Crippen LogP contribution >= 0.6 is 0 Å². The molecule has 168 valence electrons. The molecule has 1 aliphatic carbocycles. The molecule has 2 amide bonds. The summed E-state index contributed by atoms with van der Waals surface area (Å²) in [6.07, 6.45) is 3.36. The standard InChI is InChI=1S/C24H28N4O4.Li/c1-32-16-12-10-15(11-13-16)14-21(22-25-19-8-4-5-9-20(19)26-22)28-24(31)27-18-7-3-2-6-17(18)23(29)30;/h4-5,8-13,17-18,21H,2-3,6-7,14H2,1H3,(H,25,26)(H,29,30)(H2,27,28,31);/q;+1/p-1/t17-,18-,21-;/m1./s1. The number of methoxy groups -OCH3 is 1. The normalized spacial score (nSPS) is 18.7. The van der Waals surface area contributed by atoms with Crippen molar-refractivity contribution in [3.63, 3.8) is 0 Å². The SMILES string of the molecule is COc1ccc(C[C@@H](NC(=O)N[C@@H]2CCCC[C@H]2C(=O)[O-])c2nc3ccccc3[nH]2)cc1.[Li+]. The minimum atomic E-state index is -1.11. The third-order valence-electron chi connectivity index (χ3n) is 6.03. The first-order chi connectivity index (χ1) is 15.5. The third-order valence-corrected chi connectivity index (χ3v) is 6.03. The molecule has 0 spiro atoms. The first kappa shape index (κ1) is 24.7. The summed E-state index contributed by atoms with van der Waals surface area (Å²) in [6, 6.07) is 14.0. The number of amides is 2. The molecule has 1 heterocycles. The van der Waals surface area contributed by atoms with E-state index in [9.17, 15) is 14.7 Å². The molecule has 1 aromatic heterocycles. The molecule has 0 aliphatic heterocycles. The average Bonchev–Trinajstić information content (AvgIpc) is 3.24. The van der Waals surface area contributed by atoms with Crippen LogP contribution in [0.2, 0.25) is 0 Å². The second-order valence-electron chi connectivity index (χ2n) is 8.18. The minimum Gasteiger partial charge on any atom is -0.550 e. The van der Waals surface area contributed by atoms with Gasteiger partial charge in [0.25, 0.3) is 0 Å². The molecule has 0 unspecified atom stereocenters. The third kappa shape index (κ3) is 6.09. The molecular weight excluding hydrogens is 415 g/mol. The molecule has 0 bridgehead atoms. The number of imidazole rings is 1. The molecular formula is C24H27LiN4O4. The number of carbonyl (C=O) groups excluding carboxylic acids is 2. The predicted molar refractivity (Wildman–Crippen MR) is 118 cm³/mol. The van der Waals surface area contributed by atoms with Crippen molar-refractivity contribution in [2.24, 2.45) is 5.92 Å². The van der Waals surface area contributed by atoms with E-state index in [-0.39, 0.29) is 18.9 Å². The summed E-state index contributed by atoms with van der Waals surface area (Å²) in [6.45, 7) is 0. The van der Waals surface area contributed by atoms with E-state index in [2.05, 4.69) is 20.6 Å². The van der Waals surface area contributed by atoms with E-state index in [4.69, 9.17) is 4.74 Å². The van der Waals surface area contributed by atoms with Crippen molar-refractivity contribution in [3.05, 3.63) is 59.9 Å². The van der Waals surface area contributed by atoms with E-state index in [0.717, 1.165) is 35.2 Å². The monoisotopic (exact) mass is 442 g/mol. The number of para-hydroxylation sites is 2. The van der Waals surface area contributed by atoms with Gasteiger partial charge >= 0.3 is 24.9 Å². The van der Waals surface area contributed by atoms with Crippen molar-refractivity contribution < 1.29 is 38.3 Å². The van der Waals surface area contributed by atoms with E-state index in [0.29, 0.717) is 25.1 Å². The van der Waals surface area contributed by atoms with Crippen LogP contribution in [0.3, 0.4) is 0 Å². The number of aliphatic carboxylic acids is 1. The fourth-order valence-corrected chi connectivity index (χ4v) is 4.30. The van der Waals surface area contributed by atoms with Crippen LogP contribution in [0.25, 0.3) is 11.0 Å². The number of H-pyrrole nitrogens is 1. The molecule has 4 rings (SSSR count). The summed E-state index contributed by atoms with van der Waals surface area (Å²) in [7, 11) is 1.61. The number of hydrogen-bond donors (Lipinski definition) is 3. The number of ether oxygens (including phenoxy) is 1. The molecule has 1 aliphatic rings. The number of nitrogens with zero attached hydrogens (tertiary/aromatic N) is 1. The zero-order valence-corrected chi connectivity index (χ0v) is 19.0. The quantitative estimate of drug-likeness (QED) is 0.425. The summed E-state index contributed by atoms with van der Waals surface area (Å²) in [4.78, 5) is 32.3. The van der Waals surface area contributed by atoms with Crippen molar-refractivity contribution in [1.29, 1.82) is 0 Å². The molecule has 0 saturated heterocycles. The van der Waals surface area contributed by atoms with Crippen molar-refractivity contribution in [2.75, 3.05) is 7.11 Å². The number of urea groups is 1. The Labute approximate surface area is 204 Å². The van der Waals surface area contributed by atoms with E-state index >= 15 is 0 Å². The second-order valence-corrected chi connectivity index (χ2v) is 8.18. The molecule has 3 aromatic rings. The number of carboxylic acid groups (broad SMARTS) is 1. The van der Waals surface area contributed by atoms with Gasteiger partial charge in [-0.25, -0.2) is 9.78 Å². The average molecular weight is 442 g/mol. The number of aromatic amines is 1. The first-order valence-corrected chi connectivity index (χ1v) is 10.9. The molecule has 3 N–H and O–H groups in total. The largest absolute Gasteiger partial charge is 1.00 e. The zero-order chi connectivity index (χ0) is 22.5. The van der Waals surface area contributed by atoms with Crippen LogP contribution in [0.4, 0.5) is 4.79 Å². The van der Waals surface area contributed by atoms with Gasteiger partial charge in [-0.05, 0) is 49.1 Å². The number of benzene rings is 2. The van der Waals surface area contributed by atoms with Gasteiger partial charge in [0.15, 0.2) is 0 Å². The van der Waals surface area contributed by atoms with Crippen LogP contribution in [0, 0.1) is 5.92 Å². The Morgan fingerprint density at radius 2 is 1.88 bits per heavy atom. The Balaban J connectivity index is 0.00000306. The maximum absolute atomic E-state index is 12.9. The smallest absolute Gasteiger partial charge is 0.550 e. The van der Waals surface area contributed by atoms with E-state index in [1.54, 1.807) is 7.11 Å². The Hall–Kier alpha value is -2.95. The van der Waals surface area contributed by atoms with Gasteiger partial charge in [0, 0.05) is 17.9 Å². The van der Waals surface area contributed by atoms with Crippen molar-refractivity contribution >= 4 is 23.0 Å². The number of carboxylic acids is 1. The van der Waals surface area contributed by atoms with Gasteiger partial charge in [-0.2, -0.15) is 0 Å². The molecule has 33 heavy (non-hydrogen) atoms. The number of aromatic nitrogens is 2. The summed E-state index contributed by atoms with van der Waals surface area (Å²) >= 11 is 0. The van der Waals surface area contributed by atoms with Crippen molar-refractivity contribution in [2.45, 2.75) is 44.2 Å². The molecule has 0 radical (unpaired) electrons. The summed E-state index contributed by atoms with van der Waals surface area (Å²) in [5, 5.41) is 17.3. The van der Waals surface area contributed by atoms with E-state index < -0.39 is 30.0 Å². The van der Waals surface area contributed by atoms with Crippen molar-refractivity contribution in [3.8, 4) is 5.75 Å². The van der Waals surface area contributed by atoms with Crippen LogP contribution in [-0.4, -0.2) is 35.1 Å². The van der Waals surface area contributed by atoms with Gasteiger partial charge in [-0.3, -0.25) is 0 Å². The van der Waals surface area contributed by atoms with E-state index in [1.165, 1.54) is 0 Å². The molecule has 3 atom stereocenters. The molecule has 9 heteroatoms. The summed E-state index contributed by atoms with van der Waals surface area (Å²) in [5.41, 5.74) is 2.70. The maximum Gasteiger partial charge on any atom is 1.00 e. The van der Waals surface area contributed by atoms with Gasteiger partial charge in [0.2, 0.25) is 0 Å². The Bertz CT molecular complexity index is 1050. The number of rotatable bonds is 7. The summed E-state index contributed by atoms with van der Waals surface area (Å²) in [5.74, 6) is -0.384. The van der Waals surface area contributed by atoms with Gasteiger partial charge < -0.3 is 30.3 Å². The van der Waals surface area contributed by atoms with Crippen LogP contribution in [-0.2, 0) is 11.2 Å². The predicted octanol–water partition coefficient (Wildman–Crippen LogP) is -0.533. The number of hydrogen-bond acceptors (Lipinski definition) is 5. The van der Waals surface area contributed by atoms with Crippen LogP contribution in [0.15, 0.2) is 48.5 Å². The number of carbonyl (C=O) groups is 2. The molecule has 2 aromatic carbocycles. The van der Waals surface area contributed by atoms with Gasteiger partial charge in [0.1, 0.15) is 11.6 Å². The van der Waals surface area contributed by atoms with Crippen LogP contribution < -0.4 is 39.3 Å². The summed E-state index contributed by atoms with van der Waals surface area (Å²) < 4.78 is 5.23. The second kappa shape index (κ2) is 11.3.